The fraction of sp³-hybridized carbons (Fsp3) is 0.0667. The standard InChI is InChI=1S/C15H15O4P/c16-20(17,18)19-15(14-9-5-2-6-10-14)12-11-13-7-3-1-4-8-13/h1-12,15H,(H2,16,17,18). The molecule has 20 heavy (non-hydrogen) atoms. The van der Waals surface area contributed by atoms with Crippen LogP contribution in [0, 0.1) is 0 Å². The Hall–Kier alpha value is -1.71. The fourth-order valence-corrected chi connectivity index (χ4v) is 2.25. The van der Waals surface area contributed by atoms with Crippen LogP contribution in [0.4, 0.5) is 0 Å². The molecule has 1 atom stereocenters. The van der Waals surface area contributed by atoms with Crippen molar-refractivity contribution in [2.75, 3.05) is 0 Å². The van der Waals surface area contributed by atoms with Gasteiger partial charge in [0.25, 0.3) is 0 Å². The van der Waals surface area contributed by atoms with E-state index in [1.165, 1.54) is 0 Å². The van der Waals surface area contributed by atoms with Crippen molar-refractivity contribution in [1.82, 2.24) is 0 Å². The Balaban J connectivity index is 2.24. The predicted molar refractivity (Wildman–Crippen MR) is 77.8 cm³/mol. The van der Waals surface area contributed by atoms with Crippen LogP contribution in [0.5, 0.6) is 0 Å². The van der Waals surface area contributed by atoms with Gasteiger partial charge in [0, 0.05) is 0 Å². The molecule has 0 aromatic heterocycles. The highest BCUT2D eigenvalue weighted by Gasteiger charge is 2.21. The summed E-state index contributed by atoms with van der Waals surface area (Å²) in [5.41, 5.74) is 1.62. The lowest BCUT2D eigenvalue weighted by molar-refractivity contribution is 0.163. The average Bonchev–Trinajstić information content (AvgIpc) is 2.44. The number of phosphoric acid groups is 1. The summed E-state index contributed by atoms with van der Waals surface area (Å²) in [5.74, 6) is 0. The zero-order valence-corrected chi connectivity index (χ0v) is 11.6. The molecule has 0 bridgehead atoms. The quantitative estimate of drug-likeness (QED) is 0.826. The second kappa shape index (κ2) is 6.64. The van der Waals surface area contributed by atoms with E-state index in [0.29, 0.717) is 5.56 Å². The van der Waals surface area contributed by atoms with Crippen molar-refractivity contribution in [3.05, 3.63) is 77.9 Å². The molecule has 0 heterocycles. The molecule has 4 nitrogen and oxygen atoms in total. The highest BCUT2D eigenvalue weighted by molar-refractivity contribution is 7.46. The molecule has 0 fully saturated rings. The van der Waals surface area contributed by atoms with Gasteiger partial charge in [-0.25, -0.2) is 4.57 Å². The Morgan fingerprint density at radius 3 is 2.05 bits per heavy atom. The molecular formula is C15H15O4P. The van der Waals surface area contributed by atoms with Gasteiger partial charge < -0.3 is 9.79 Å². The molecule has 2 N–H and O–H groups in total. The van der Waals surface area contributed by atoms with Crippen LogP contribution in [0.2, 0.25) is 0 Å². The van der Waals surface area contributed by atoms with Crippen molar-refractivity contribution >= 4 is 13.9 Å². The van der Waals surface area contributed by atoms with Gasteiger partial charge in [-0.3, -0.25) is 4.52 Å². The first-order chi connectivity index (χ1) is 9.54. The summed E-state index contributed by atoms with van der Waals surface area (Å²) in [4.78, 5) is 18.0. The first kappa shape index (κ1) is 14.7. The summed E-state index contributed by atoms with van der Waals surface area (Å²) in [6.07, 6.45) is 2.61. The fourth-order valence-electron chi connectivity index (χ4n) is 1.76. The van der Waals surface area contributed by atoms with E-state index in [-0.39, 0.29) is 0 Å². The van der Waals surface area contributed by atoms with Crippen molar-refractivity contribution < 1.29 is 18.9 Å². The second-order valence-electron chi connectivity index (χ2n) is 4.20. The van der Waals surface area contributed by atoms with Crippen molar-refractivity contribution in [2.45, 2.75) is 6.10 Å². The predicted octanol–water partition coefficient (Wildman–Crippen LogP) is 3.55. The molecule has 0 aliphatic rings. The summed E-state index contributed by atoms with van der Waals surface area (Å²) < 4.78 is 15.9. The molecule has 0 aliphatic carbocycles. The average molecular weight is 290 g/mol. The topological polar surface area (TPSA) is 66.8 Å². The number of hydrogen-bond acceptors (Lipinski definition) is 2. The maximum atomic E-state index is 11.1. The molecule has 2 aromatic carbocycles. The Bertz CT molecular complexity index is 604. The SMILES string of the molecule is O=P(O)(O)OC(C=Cc1ccccc1)c1ccccc1. The third kappa shape index (κ3) is 4.76. The highest BCUT2D eigenvalue weighted by atomic mass is 31.2. The summed E-state index contributed by atoms with van der Waals surface area (Å²) in [6.45, 7) is 0. The molecule has 2 rings (SSSR count). The minimum absolute atomic E-state index is 0.683. The van der Waals surface area contributed by atoms with Crippen LogP contribution in [0.15, 0.2) is 66.7 Å². The molecule has 1 unspecified atom stereocenters. The largest absolute Gasteiger partial charge is 0.470 e. The van der Waals surface area contributed by atoms with E-state index in [1.54, 1.807) is 36.4 Å². The van der Waals surface area contributed by atoms with Gasteiger partial charge in [0.1, 0.15) is 6.10 Å². The summed E-state index contributed by atoms with van der Waals surface area (Å²) >= 11 is 0. The Labute approximate surface area is 117 Å². The van der Waals surface area contributed by atoms with Crippen molar-refractivity contribution in [2.24, 2.45) is 0 Å². The Morgan fingerprint density at radius 2 is 1.50 bits per heavy atom. The van der Waals surface area contributed by atoms with Crippen LogP contribution in [-0.4, -0.2) is 9.79 Å². The number of phosphoric ester groups is 1. The van der Waals surface area contributed by atoms with Gasteiger partial charge in [0.05, 0.1) is 0 Å². The first-order valence-corrected chi connectivity index (χ1v) is 7.60. The molecule has 104 valence electrons. The minimum Gasteiger partial charge on any atom is -0.303 e. The van der Waals surface area contributed by atoms with Crippen molar-refractivity contribution in [3.63, 3.8) is 0 Å². The monoisotopic (exact) mass is 290 g/mol. The lowest BCUT2D eigenvalue weighted by Crippen LogP contribution is -1.99. The summed E-state index contributed by atoms with van der Waals surface area (Å²) in [7, 11) is -4.56. The lowest BCUT2D eigenvalue weighted by Gasteiger charge is -2.15. The number of rotatable bonds is 5. The van der Waals surface area contributed by atoms with Crippen LogP contribution in [0.1, 0.15) is 17.2 Å². The van der Waals surface area contributed by atoms with Gasteiger partial charge in [0.15, 0.2) is 0 Å². The molecule has 0 saturated carbocycles. The molecule has 0 amide bonds. The zero-order chi connectivity index (χ0) is 14.4. The third-order valence-corrected chi connectivity index (χ3v) is 3.14. The van der Waals surface area contributed by atoms with Gasteiger partial charge in [-0.15, -0.1) is 0 Å². The minimum atomic E-state index is -4.56. The smallest absolute Gasteiger partial charge is 0.303 e. The lowest BCUT2D eigenvalue weighted by atomic mass is 10.1. The van der Waals surface area contributed by atoms with E-state index in [1.807, 2.05) is 36.4 Å². The van der Waals surface area contributed by atoms with Crippen molar-refractivity contribution in [3.8, 4) is 0 Å². The Morgan fingerprint density at radius 1 is 0.950 bits per heavy atom. The van der Waals surface area contributed by atoms with E-state index < -0.39 is 13.9 Å². The highest BCUT2D eigenvalue weighted by Crippen LogP contribution is 2.42. The van der Waals surface area contributed by atoms with E-state index >= 15 is 0 Å². The molecule has 0 aliphatic heterocycles. The van der Waals surface area contributed by atoms with Crippen molar-refractivity contribution in [1.29, 1.82) is 0 Å². The van der Waals surface area contributed by atoms with Gasteiger partial charge in [-0.2, -0.15) is 0 Å². The van der Waals surface area contributed by atoms with Crippen LogP contribution in [0.3, 0.4) is 0 Å². The van der Waals surface area contributed by atoms with Crippen LogP contribution in [-0.2, 0) is 9.09 Å². The second-order valence-corrected chi connectivity index (χ2v) is 5.39. The van der Waals surface area contributed by atoms with Crippen LogP contribution >= 0.6 is 7.82 Å². The van der Waals surface area contributed by atoms with E-state index in [0.717, 1.165) is 5.56 Å². The maximum absolute atomic E-state index is 11.1. The summed E-state index contributed by atoms with van der Waals surface area (Å²) in [6, 6.07) is 18.4. The molecular weight excluding hydrogens is 275 g/mol. The number of benzene rings is 2. The molecule has 0 radical (unpaired) electrons. The first-order valence-electron chi connectivity index (χ1n) is 6.07. The molecule has 0 saturated heterocycles. The maximum Gasteiger partial charge on any atom is 0.470 e. The zero-order valence-electron chi connectivity index (χ0n) is 10.7. The van der Waals surface area contributed by atoms with Gasteiger partial charge in [-0.05, 0) is 11.1 Å². The van der Waals surface area contributed by atoms with Crippen LogP contribution < -0.4 is 0 Å². The van der Waals surface area contributed by atoms with Gasteiger partial charge in [-0.1, -0.05) is 72.8 Å². The van der Waals surface area contributed by atoms with Crippen LogP contribution in [0.25, 0.3) is 6.08 Å². The van der Waals surface area contributed by atoms with E-state index in [4.69, 9.17) is 14.3 Å². The Kier molecular flexibility index (Phi) is 4.88. The normalized spacial score (nSPS) is 13.5. The molecule has 0 spiro atoms. The van der Waals surface area contributed by atoms with Gasteiger partial charge in [0.2, 0.25) is 0 Å². The third-order valence-electron chi connectivity index (χ3n) is 2.64. The van der Waals surface area contributed by atoms with E-state index in [9.17, 15) is 4.57 Å². The number of hydrogen-bond donors (Lipinski definition) is 2. The summed E-state index contributed by atoms with van der Waals surface area (Å²) in [5, 5.41) is 0. The molecule has 5 heteroatoms. The van der Waals surface area contributed by atoms with Gasteiger partial charge >= 0.3 is 7.82 Å². The van der Waals surface area contributed by atoms with E-state index in [2.05, 4.69) is 0 Å². The molecule has 2 aromatic rings.